The summed E-state index contributed by atoms with van der Waals surface area (Å²) in [6, 6.07) is 12.8. The Morgan fingerprint density at radius 2 is 1.68 bits per heavy atom. The third-order valence-corrected chi connectivity index (χ3v) is 4.61. The van der Waals surface area contributed by atoms with Crippen LogP contribution >= 0.6 is 0 Å². The summed E-state index contributed by atoms with van der Waals surface area (Å²) in [6.07, 6.45) is 1.84. The van der Waals surface area contributed by atoms with Crippen molar-refractivity contribution in [2.75, 3.05) is 38.2 Å². The normalized spacial score (nSPS) is 16.6. The fourth-order valence-corrected chi connectivity index (χ4v) is 3.10. The topological polar surface area (TPSA) is 50.3 Å². The lowest BCUT2D eigenvalue weighted by Crippen LogP contribution is -2.40. The van der Waals surface area contributed by atoms with E-state index in [0.29, 0.717) is 0 Å². The number of hydrogen-bond donors (Lipinski definition) is 1. The molecule has 5 nitrogen and oxygen atoms in total. The van der Waals surface area contributed by atoms with Crippen LogP contribution in [0.2, 0.25) is 0 Å². The van der Waals surface area contributed by atoms with E-state index in [-0.39, 0.29) is 6.04 Å². The van der Waals surface area contributed by atoms with Gasteiger partial charge in [-0.3, -0.25) is 4.90 Å². The molecular formula is C20H28N4O. The van der Waals surface area contributed by atoms with Gasteiger partial charge in [0.15, 0.2) is 0 Å². The second-order valence-corrected chi connectivity index (χ2v) is 6.40. The van der Waals surface area contributed by atoms with Crippen LogP contribution in [0.15, 0.2) is 36.4 Å². The van der Waals surface area contributed by atoms with E-state index >= 15 is 0 Å². The van der Waals surface area contributed by atoms with E-state index in [4.69, 9.17) is 14.7 Å². The van der Waals surface area contributed by atoms with Crippen LogP contribution in [-0.2, 0) is 17.6 Å². The highest BCUT2D eigenvalue weighted by Crippen LogP contribution is 2.20. The SMILES string of the molecule is CCc1cc(CC)nc(NC(CN2CCOCC2)c2ccccc2)n1. The van der Waals surface area contributed by atoms with Crippen LogP contribution in [0.4, 0.5) is 5.95 Å². The van der Waals surface area contributed by atoms with Crippen LogP contribution in [0.25, 0.3) is 0 Å². The van der Waals surface area contributed by atoms with Crippen LogP contribution in [-0.4, -0.2) is 47.7 Å². The third-order valence-electron chi connectivity index (χ3n) is 4.61. The van der Waals surface area contributed by atoms with Crippen molar-refractivity contribution in [3.05, 3.63) is 53.3 Å². The number of nitrogens with zero attached hydrogens (tertiary/aromatic N) is 3. The molecule has 5 heteroatoms. The van der Waals surface area contributed by atoms with Gasteiger partial charge in [-0.15, -0.1) is 0 Å². The quantitative estimate of drug-likeness (QED) is 0.839. The van der Waals surface area contributed by atoms with Crippen molar-refractivity contribution in [3.8, 4) is 0 Å². The van der Waals surface area contributed by atoms with Crippen molar-refractivity contribution in [1.29, 1.82) is 0 Å². The van der Waals surface area contributed by atoms with Gasteiger partial charge in [0, 0.05) is 31.0 Å². The minimum atomic E-state index is 0.163. The molecule has 2 aromatic rings. The molecule has 1 aromatic carbocycles. The summed E-state index contributed by atoms with van der Waals surface area (Å²) in [4.78, 5) is 11.8. The number of benzene rings is 1. The van der Waals surface area contributed by atoms with E-state index in [1.165, 1.54) is 5.56 Å². The molecule has 1 aliphatic rings. The van der Waals surface area contributed by atoms with Gasteiger partial charge in [0.25, 0.3) is 0 Å². The Balaban J connectivity index is 1.81. The minimum absolute atomic E-state index is 0.163. The Hall–Kier alpha value is -1.98. The first-order valence-electron chi connectivity index (χ1n) is 9.27. The minimum Gasteiger partial charge on any atom is -0.379 e. The zero-order valence-electron chi connectivity index (χ0n) is 15.2. The monoisotopic (exact) mass is 340 g/mol. The summed E-state index contributed by atoms with van der Waals surface area (Å²) in [6.45, 7) is 8.76. The Morgan fingerprint density at radius 3 is 2.28 bits per heavy atom. The van der Waals surface area contributed by atoms with Crippen LogP contribution in [0, 0.1) is 0 Å². The van der Waals surface area contributed by atoms with Gasteiger partial charge >= 0.3 is 0 Å². The molecule has 134 valence electrons. The zero-order chi connectivity index (χ0) is 17.5. The highest BCUT2D eigenvalue weighted by molar-refractivity contribution is 5.34. The molecule has 25 heavy (non-hydrogen) atoms. The molecule has 0 aliphatic carbocycles. The first kappa shape index (κ1) is 17.8. The Kier molecular flexibility index (Phi) is 6.36. The maximum absolute atomic E-state index is 5.48. The van der Waals surface area contributed by atoms with Crippen molar-refractivity contribution in [3.63, 3.8) is 0 Å². The predicted octanol–water partition coefficient (Wildman–Crippen LogP) is 3.09. The molecule has 1 aromatic heterocycles. The molecule has 3 rings (SSSR count). The number of aromatic nitrogens is 2. The molecule has 1 fully saturated rings. The summed E-state index contributed by atoms with van der Waals surface area (Å²) in [5.74, 6) is 0.735. The number of morpholine rings is 1. The maximum atomic E-state index is 5.48. The van der Waals surface area contributed by atoms with Crippen LogP contribution in [0.5, 0.6) is 0 Å². The second-order valence-electron chi connectivity index (χ2n) is 6.40. The van der Waals surface area contributed by atoms with Gasteiger partial charge in [0.2, 0.25) is 5.95 Å². The van der Waals surface area contributed by atoms with Crippen LogP contribution in [0.1, 0.15) is 36.8 Å². The molecule has 0 spiro atoms. The highest BCUT2D eigenvalue weighted by atomic mass is 16.5. The van der Waals surface area contributed by atoms with E-state index < -0.39 is 0 Å². The second kappa shape index (κ2) is 8.92. The molecule has 1 N–H and O–H groups in total. The molecule has 0 bridgehead atoms. The van der Waals surface area contributed by atoms with Crippen molar-refractivity contribution in [2.45, 2.75) is 32.7 Å². The van der Waals surface area contributed by atoms with Crippen molar-refractivity contribution in [1.82, 2.24) is 14.9 Å². The van der Waals surface area contributed by atoms with E-state index in [0.717, 1.165) is 63.0 Å². The summed E-state index contributed by atoms with van der Waals surface area (Å²) in [5, 5.41) is 3.59. The number of nitrogens with one attached hydrogen (secondary N) is 1. The van der Waals surface area contributed by atoms with E-state index in [1.54, 1.807) is 0 Å². The number of rotatable bonds is 7. The highest BCUT2D eigenvalue weighted by Gasteiger charge is 2.19. The smallest absolute Gasteiger partial charge is 0.223 e. The Morgan fingerprint density at radius 1 is 1.04 bits per heavy atom. The van der Waals surface area contributed by atoms with E-state index in [1.807, 2.05) is 0 Å². The third kappa shape index (κ3) is 5.00. The lowest BCUT2D eigenvalue weighted by atomic mass is 10.1. The van der Waals surface area contributed by atoms with Crippen molar-refractivity contribution in [2.24, 2.45) is 0 Å². The molecule has 1 aliphatic heterocycles. The molecule has 1 atom stereocenters. The number of ether oxygens (including phenoxy) is 1. The molecule has 0 amide bonds. The summed E-state index contributed by atoms with van der Waals surface area (Å²) in [5.41, 5.74) is 3.44. The van der Waals surface area contributed by atoms with Gasteiger partial charge in [-0.1, -0.05) is 44.2 Å². The van der Waals surface area contributed by atoms with Crippen LogP contribution in [0.3, 0.4) is 0 Å². The maximum Gasteiger partial charge on any atom is 0.223 e. The number of hydrogen-bond acceptors (Lipinski definition) is 5. The molecule has 1 saturated heterocycles. The lowest BCUT2D eigenvalue weighted by Gasteiger charge is -2.31. The molecule has 1 unspecified atom stereocenters. The zero-order valence-corrected chi connectivity index (χ0v) is 15.2. The number of aryl methyl sites for hydroxylation is 2. The molecular weight excluding hydrogens is 312 g/mol. The van der Waals surface area contributed by atoms with Crippen molar-refractivity contribution < 1.29 is 4.74 Å². The summed E-state index contributed by atoms with van der Waals surface area (Å²) in [7, 11) is 0. The van der Waals surface area contributed by atoms with E-state index in [2.05, 4.69) is 60.5 Å². The van der Waals surface area contributed by atoms with Crippen LogP contribution < -0.4 is 5.32 Å². The van der Waals surface area contributed by atoms with Gasteiger partial charge < -0.3 is 10.1 Å². The first-order valence-corrected chi connectivity index (χ1v) is 9.27. The summed E-state index contributed by atoms with van der Waals surface area (Å²) < 4.78 is 5.48. The van der Waals surface area contributed by atoms with E-state index in [9.17, 15) is 0 Å². The fraction of sp³-hybridized carbons (Fsp3) is 0.500. The fourth-order valence-electron chi connectivity index (χ4n) is 3.10. The molecule has 0 saturated carbocycles. The molecule has 2 heterocycles. The summed E-state index contributed by atoms with van der Waals surface area (Å²) >= 11 is 0. The predicted molar refractivity (Wildman–Crippen MR) is 101 cm³/mol. The van der Waals surface area contributed by atoms with Gasteiger partial charge in [-0.25, -0.2) is 9.97 Å². The first-order chi connectivity index (χ1) is 12.3. The van der Waals surface area contributed by atoms with Gasteiger partial charge in [0.05, 0.1) is 19.3 Å². The standard InChI is InChI=1S/C20H28N4O/c1-3-17-14-18(4-2)22-20(21-17)23-19(16-8-6-5-7-9-16)15-24-10-12-25-13-11-24/h5-9,14,19H,3-4,10-13,15H2,1-2H3,(H,21,22,23). The Bertz CT molecular complexity index is 634. The largest absolute Gasteiger partial charge is 0.379 e. The average Bonchev–Trinajstić information content (AvgIpc) is 2.68. The lowest BCUT2D eigenvalue weighted by molar-refractivity contribution is 0.0360. The molecule has 0 radical (unpaired) electrons. The van der Waals surface area contributed by atoms with Gasteiger partial charge in [0.1, 0.15) is 0 Å². The van der Waals surface area contributed by atoms with Gasteiger partial charge in [-0.05, 0) is 24.5 Å². The average molecular weight is 340 g/mol. The van der Waals surface area contributed by atoms with Gasteiger partial charge in [-0.2, -0.15) is 0 Å². The van der Waals surface area contributed by atoms with Crippen molar-refractivity contribution >= 4 is 5.95 Å². The number of anilines is 1. The Labute approximate surface area is 150 Å².